The summed E-state index contributed by atoms with van der Waals surface area (Å²) >= 11 is 0. The highest BCUT2D eigenvalue weighted by molar-refractivity contribution is 5.13. The van der Waals surface area contributed by atoms with Gasteiger partial charge in [0.1, 0.15) is 0 Å². The largest absolute Gasteiger partial charge is 1.00 e. The van der Waals surface area contributed by atoms with Crippen molar-refractivity contribution < 1.29 is 26.5 Å². The minimum atomic E-state index is 0. The van der Waals surface area contributed by atoms with Crippen LogP contribution in [0.5, 0.6) is 0 Å². The van der Waals surface area contributed by atoms with Crippen LogP contribution in [-0.2, 0) is 6.61 Å². The van der Waals surface area contributed by atoms with E-state index in [9.17, 15) is 0 Å². The van der Waals surface area contributed by atoms with Crippen molar-refractivity contribution in [2.24, 2.45) is 0 Å². The van der Waals surface area contributed by atoms with Crippen molar-refractivity contribution in [3.8, 4) is 0 Å². The van der Waals surface area contributed by atoms with Gasteiger partial charge in [0, 0.05) is 16.9 Å². The molecule has 0 amide bonds. The van der Waals surface area contributed by atoms with Crippen molar-refractivity contribution in [2.75, 3.05) is 0 Å². The Hall–Kier alpha value is -1.35. The first kappa shape index (κ1) is 11.7. The Morgan fingerprint density at radius 3 is 2.13 bits per heavy atom. The summed E-state index contributed by atoms with van der Waals surface area (Å²) in [6.07, 6.45) is 3.76. The lowest BCUT2D eigenvalue weighted by Gasteiger charge is -1.97. The molecule has 0 aliphatic heterocycles. The third-order valence-corrected chi connectivity index (χ3v) is 1.91. The lowest BCUT2D eigenvalue weighted by atomic mass is 10.2. The Kier molecular flexibility index (Phi) is 4.84. The van der Waals surface area contributed by atoms with E-state index in [1.54, 1.807) is 4.73 Å². The zero-order valence-corrected chi connectivity index (χ0v) is 9.80. The van der Waals surface area contributed by atoms with Crippen LogP contribution in [0.15, 0.2) is 60.9 Å². The summed E-state index contributed by atoms with van der Waals surface area (Å²) in [5, 5.41) is 0. The molecule has 1 aromatic heterocycles. The maximum Gasteiger partial charge on any atom is 0.222 e. The fourth-order valence-electron chi connectivity index (χ4n) is 1.19. The number of rotatable bonds is 3. The number of pyridine rings is 1. The fourth-order valence-corrected chi connectivity index (χ4v) is 1.19. The zero-order valence-electron chi connectivity index (χ0n) is 8.21. The van der Waals surface area contributed by atoms with Crippen molar-refractivity contribution in [1.82, 2.24) is 0 Å². The van der Waals surface area contributed by atoms with Crippen LogP contribution in [0.3, 0.4) is 0 Å². The van der Waals surface area contributed by atoms with Crippen molar-refractivity contribution in [2.45, 2.75) is 6.61 Å². The van der Waals surface area contributed by atoms with Crippen LogP contribution in [0.4, 0.5) is 0 Å². The van der Waals surface area contributed by atoms with E-state index in [2.05, 4.69) is 0 Å². The monoisotopic (exact) mass is 265 g/mol. The van der Waals surface area contributed by atoms with E-state index in [0.29, 0.717) is 6.61 Å². The summed E-state index contributed by atoms with van der Waals surface area (Å²) in [5.74, 6) is 0. The second-order valence-corrected chi connectivity index (χ2v) is 2.99. The molecule has 0 aliphatic rings. The molecule has 2 aromatic rings. The molecule has 0 spiro atoms. The van der Waals surface area contributed by atoms with Crippen LogP contribution in [0.25, 0.3) is 0 Å². The van der Waals surface area contributed by atoms with E-state index in [0.717, 1.165) is 0 Å². The molecule has 0 aliphatic carbocycles. The molecule has 1 aromatic carbocycles. The third-order valence-electron chi connectivity index (χ3n) is 1.91. The number of hydrogen-bond acceptors (Lipinski definition) is 1. The van der Waals surface area contributed by atoms with Gasteiger partial charge in [-0.1, -0.05) is 36.4 Å². The number of hydrogen-bond donors (Lipinski definition) is 0. The predicted octanol–water partition coefficient (Wildman–Crippen LogP) is -1.39. The average Bonchev–Trinajstić information content (AvgIpc) is 2.29. The standard InChI is InChI=1S/C12H12NO.BrH/c1-3-7-12(8-4-1)11-14-13-9-5-2-6-10-13;/h1-10H,11H2;1H/q+1;/p-1. The number of aromatic nitrogens is 1. The Balaban J connectivity index is 0.00000112. The van der Waals surface area contributed by atoms with Gasteiger partial charge in [-0.2, -0.15) is 0 Å². The van der Waals surface area contributed by atoms with Crippen LogP contribution in [-0.4, -0.2) is 0 Å². The molecule has 0 saturated carbocycles. The molecular weight excluding hydrogens is 254 g/mol. The fraction of sp³-hybridized carbons (Fsp3) is 0.0833. The molecule has 2 rings (SSSR count). The van der Waals surface area contributed by atoms with E-state index in [4.69, 9.17) is 4.84 Å². The smallest absolute Gasteiger partial charge is 0.222 e. The summed E-state index contributed by atoms with van der Waals surface area (Å²) in [6.45, 7) is 0.593. The number of halogens is 1. The molecule has 0 N–H and O–H groups in total. The summed E-state index contributed by atoms with van der Waals surface area (Å²) < 4.78 is 1.70. The van der Waals surface area contributed by atoms with Gasteiger partial charge in [-0.25, -0.2) is 0 Å². The molecule has 0 atom stereocenters. The van der Waals surface area contributed by atoms with Crippen molar-refractivity contribution in [3.05, 3.63) is 66.5 Å². The Bertz CT molecular complexity index is 338. The second-order valence-electron chi connectivity index (χ2n) is 2.99. The van der Waals surface area contributed by atoms with Crippen LogP contribution < -0.4 is 26.5 Å². The Labute approximate surface area is 99.9 Å². The quantitative estimate of drug-likeness (QED) is 0.623. The first-order valence-electron chi connectivity index (χ1n) is 4.59. The topological polar surface area (TPSA) is 13.1 Å². The lowest BCUT2D eigenvalue weighted by Crippen LogP contribution is -3.00. The maximum atomic E-state index is 5.51. The van der Waals surface area contributed by atoms with Crippen LogP contribution in [0.1, 0.15) is 5.56 Å². The highest BCUT2D eigenvalue weighted by Gasteiger charge is 1.98. The van der Waals surface area contributed by atoms with E-state index in [1.165, 1.54) is 5.56 Å². The van der Waals surface area contributed by atoms with E-state index in [1.807, 2.05) is 60.9 Å². The molecule has 2 nitrogen and oxygen atoms in total. The zero-order chi connectivity index (χ0) is 9.64. The Morgan fingerprint density at radius 1 is 0.867 bits per heavy atom. The number of nitrogens with zero attached hydrogens (tertiary/aromatic N) is 1. The van der Waals surface area contributed by atoms with Crippen molar-refractivity contribution >= 4 is 0 Å². The molecule has 3 heteroatoms. The van der Waals surface area contributed by atoms with Gasteiger partial charge in [0.25, 0.3) is 0 Å². The van der Waals surface area contributed by atoms with Crippen molar-refractivity contribution in [3.63, 3.8) is 0 Å². The van der Waals surface area contributed by atoms with Gasteiger partial charge >= 0.3 is 0 Å². The SMILES string of the molecule is [Br-].c1ccc(CO[n+]2ccccc2)cc1. The summed E-state index contributed by atoms with van der Waals surface area (Å²) in [5.41, 5.74) is 1.17. The molecule has 0 fully saturated rings. The van der Waals surface area contributed by atoms with Gasteiger partial charge in [0.2, 0.25) is 12.4 Å². The molecule has 15 heavy (non-hydrogen) atoms. The molecule has 0 saturated heterocycles. The minimum Gasteiger partial charge on any atom is -1.00 e. The third kappa shape index (κ3) is 3.72. The minimum absolute atomic E-state index is 0. The first-order chi connectivity index (χ1) is 6.95. The average molecular weight is 266 g/mol. The van der Waals surface area contributed by atoms with Crippen molar-refractivity contribution in [1.29, 1.82) is 0 Å². The van der Waals surface area contributed by atoms with Gasteiger partial charge < -0.3 is 17.0 Å². The lowest BCUT2D eigenvalue weighted by molar-refractivity contribution is -0.895. The predicted molar refractivity (Wildman–Crippen MR) is 53.4 cm³/mol. The van der Waals surface area contributed by atoms with Crippen LogP contribution in [0, 0.1) is 0 Å². The summed E-state index contributed by atoms with van der Waals surface area (Å²) in [4.78, 5) is 5.51. The van der Waals surface area contributed by atoms with E-state index in [-0.39, 0.29) is 17.0 Å². The first-order valence-corrected chi connectivity index (χ1v) is 4.59. The van der Waals surface area contributed by atoms with Gasteiger partial charge in [0.15, 0.2) is 6.61 Å². The van der Waals surface area contributed by atoms with Gasteiger partial charge in [-0.3, -0.25) is 4.84 Å². The number of benzene rings is 1. The molecule has 1 heterocycles. The van der Waals surface area contributed by atoms with Gasteiger partial charge in [-0.05, 0) is 5.56 Å². The molecular formula is C12H12BrNO. The van der Waals surface area contributed by atoms with E-state index >= 15 is 0 Å². The van der Waals surface area contributed by atoms with Crippen LogP contribution >= 0.6 is 0 Å². The van der Waals surface area contributed by atoms with E-state index < -0.39 is 0 Å². The molecule has 0 radical (unpaired) electrons. The normalized spacial score (nSPS) is 9.07. The summed E-state index contributed by atoms with van der Waals surface area (Å²) in [6, 6.07) is 15.9. The highest BCUT2D eigenvalue weighted by Crippen LogP contribution is 1.96. The highest BCUT2D eigenvalue weighted by atomic mass is 79.9. The summed E-state index contributed by atoms with van der Waals surface area (Å²) in [7, 11) is 0. The second kappa shape index (κ2) is 6.19. The maximum absolute atomic E-state index is 5.51. The molecule has 0 unspecified atom stereocenters. The molecule has 78 valence electrons. The Morgan fingerprint density at radius 2 is 1.47 bits per heavy atom. The van der Waals surface area contributed by atoms with Gasteiger partial charge in [0.05, 0.1) is 0 Å². The van der Waals surface area contributed by atoms with Gasteiger partial charge in [-0.15, -0.1) is 0 Å². The van der Waals surface area contributed by atoms with Crippen LogP contribution in [0.2, 0.25) is 0 Å². The molecule has 0 bridgehead atoms.